The first-order valence-corrected chi connectivity index (χ1v) is 16.3. The fraction of sp³-hybridized carbons (Fsp3) is 1.00. The van der Waals surface area contributed by atoms with Gasteiger partial charge >= 0.3 is 17.1 Å². The highest BCUT2D eigenvalue weighted by Crippen LogP contribution is 2.23. The van der Waals surface area contributed by atoms with Crippen molar-refractivity contribution in [3.8, 4) is 0 Å². The minimum absolute atomic E-state index is 0.655. The largest absolute Gasteiger partial charge is 0.436 e. The molecule has 0 bridgehead atoms. The highest BCUT2D eigenvalue weighted by atomic mass is 28.5. The lowest BCUT2D eigenvalue weighted by molar-refractivity contribution is 0.0707. The Morgan fingerprint density at radius 1 is 0.714 bits per heavy atom. The summed E-state index contributed by atoms with van der Waals surface area (Å²) < 4.78 is 28.5. The standard InChI is InChI=1S/C13H34O5Si3/c1-14-11-12-16-10-9-13-19(3,4)17-21(7,8)18-20(5,6)15-2/h9-13H2,1-8H3. The molecular formula is C13H34O5Si3. The van der Waals surface area contributed by atoms with Gasteiger partial charge in [-0.15, -0.1) is 0 Å². The van der Waals surface area contributed by atoms with Crippen LogP contribution in [0.1, 0.15) is 6.42 Å². The summed E-state index contributed by atoms with van der Waals surface area (Å²) in [6.45, 7) is 14.9. The third kappa shape index (κ3) is 11.6. The lowest BCUT2D eigenvalue weighted by atomic mass is 10.5. The van der Waals surface area contributed by atoms with Crippen LogP contribution in [0, 0.1) is 0 Å². The molecule has 21 heavy (non-hydrogen) atoms. The van der Waals surface area contributed by atoms with Gasteiger partial charge < -0.3 is 22.1 Å². The molecule has 0 rings (SSSR count). The summed E-state index contributed by atoms with van der Waals surface area (Å²) in [5, 5.41) is 0. The van der Waals surface area contributed by atoms with Gasteiger partial charge in [-0.25, -0.2) is 0 Å². The number of ether oxygens (including phenoxy) is 2. The van der Waals surface area contributed by atoms with Gasteiger partial charge in [0.25, 0.3) is 0 Å². The molecule has 0 N–H and O–H groups in total. The first-order chi connectivity index (χ1) is 9.54. The summed E-state index contributed by atoms with van der Waals surface area (Å²) in [5.74, 6) is 0. The van der Waals surface area contributed by atoms with Crippen LogP contribution in [-0.2, 0) is 22.1 Å². The monoisotopic (exact) mass is 354 g/mol. The summed E-state index contributed by atoms with van der Waals surface area (Å²) in [6, 6.07) is 1.08. The molecule has 0 aliphatic heterocycles. The first-order valence-electron chi connectivity index (χ1n) is 7.56. The van der Waals surface area contributed by atoms with Crippen LogP contribution in [-0.4, -0.2) is 59.5 Å². The number of rotatable bonds is 12. The van der Waals surface area contributed by atoms with Gasteiger partial charge in [0.15, 0.2) is 8.32 Å². The maximum Gasteiger partial charge on any atom is 0.322 e. The van der Waals surface area contributed by atoms with Gasteiger partial charge in [0.1, 0.15) is 0 Å². The Hall–Kier alpha value is 0.451. The minimum atomic E-state index is -2.14. The Labute approximate surface area is 133 Å². The van der Waals surface area contributed by atoms with Gasteiger partial charge in [-0.3, -0.25) is 0 Å². The van der Waals surface area contributed by atoms with Crippen LogP contribution < -0.4 is 0 Å². The van der Waals surface area contributed by atoms with E-state index in [9.17, 15) is 0 Å². The van der Waals surface area contributed by atoms with E-state index in [1.807, 2.05) is 0 Å². The van der Waals surface area contributed by atoms with Gasteiger partial charge in [0, 0.05) is 20.8 Å². The molecule has 0 spiro atoms. The second-order valence-corrected chi connectivity index (χ2v) is 18.3. The second-order valence-electron chi connectivity index (χ2n) is 6.68. The quantitative estimate of drug-likeness (QED) is 0.397. The van der Waals surface area contributed by atoms with Crippen molar-refractivity contribution in [2.75, 3.05) is 34.0 Å². The average molecular weight is 355 g/mol. The van der Waals surface area contributed by atoms with Gasteiger partial charge in [-0.05, 0) is 51.7 Å². The van der Waals surface area contributed by atoms with Crippen LogP contribution in [0.4, 0.5) is 0 Å². The Morgan fingerprint density at radius 2 is 1.33 bits per heavy atom. The van der Waals surface area contributed by atoms with Crippen LogP contribution in [0.15, 0.2) is 0 Å². The van der Waals surface area contributed by atoms with Crippen molar-refractivity contribution in [1.29, 1.82) is 0 Å². The molecule has 0 heterocycles. The molecule has 0 aliphatic rings. The van der Waals surface area contributed by atoms with Gasteiger partial charge in [0.05, 0.1) is 13.2 Å². The van der Waals surface area contributed by atoms with Gasteiger partial charge in [-0.2, -0.15) is 0 Å². The van der Waals surface area contributed by atoms with Gasteiger partial charge in [-0.1, -0.05) is 0 Å². The smallest absolute Gasteiger partial charge is 0.322 e. The highest BCUT2D eigenvalue weighted by Gasteiger charge is 2.39. The SMILES string of the molecule is COCCOCCC[Si](C)(C)O[Si](C)(C)O[Si](C)(C)OC. The van der Waals surface area contributed by atoms with Crippen LogP contribution in [0.2, 0.25) is 45.3 Å². The Kier molecular flexibility index (Phi) is 9.76. The maximum absolute atomic E-state index is 6.42. The van der Waals surface area contributed by atoms with Crippen molar-refractivity contribution in [1.82, 2.24) is 0 Å². The summed E-state index contributed by atoms with van der Waals surface area (Å²) >= 11 is 0. The molecule has 128 valence electrons. The van der Waals surface area contributed by atoms with E-state index < -0.39 is 25.4 Å². The maximum atomic E-state index is 6.42. The lowest BCUT2D eigenvalue weighted by Crippen LogP contribution is -2.53. The van der Waals surface area contributed by atoms with Gasteiger partial charge in [0.2, 0.25) is 0 Å². The van der Waals surface area contributed by atoms with E-state index >= 15 is 0 Å². The van der Waals surface area contributed by atoms with Crippen molar-refractivity contribution in [2.24, 2.45) is 0 Å². The third-order valence-electron chi connectivity index (χ3n) is 3.00. The van der Waals surface area contributed by atoms with E-state index in [4.69, 9.17) is 22.1 Å². The average Bonchev–Trinajstić information content (AvgIpc) is 2.30. The van der Waals surface area contributed by atoms with Crippen molar-refractivity contribution >= 4 is 25.4 Å². The predicted molar refractivity (Wildman–Crippen MR) is 93.7 cm³/mol. The number of hydrogen-bond acceptors (Lipinski definition) is 5. The normalized spacial score (nSPS) is 13.7. The zero-order valence-electron chi connectivity index (χ0n) is 15.1. The zero-order valence-corrected chi connectivity index (χ0v) is 18.1. The van der Waals surface area contributed by atoms with E-state index in [1.54, 1.807) is 14.2 Å². The molecule has 0 unspecified atom stereocenters. The molecule has 0 radical (unpaired) electrons. The van der Waals surface area contributed by atoms with Crippen molar-refractivity contribution in [3.05, 3.63) is 0 Å². The highest BCUT2D eigenvalue weighted by molar-refractivity contribution is 6.86. The number of methoxy groups -OCH3 is 1. The zero-order chi connectivity index (χ0) is 16.6. The second kappa shape index (κ2) is 9.56. The van der Waals surface area contributed by atoms with Crippen molar-refractivity contribution in [3.63, 3.8) is 0 Å². The van der Waals surface area contributed by atoms with E-state index in [-0.39, 0.29) is 0 Å². The molecule has 0 saturated heterocycles. The molecular weight excluding hydrogens is 320 g/mol. The molecule has 0 aromatic rings. The van der Waals surface area contributed by atoms with Crippen molar-refractivity contribution < 1.29 is 22.1 Å². The van der Waals surface area contributed by atoms with E-state index in [2.05, 4.69) is 39.3 Å². The van der Waals surface area contributed by atoms with E-state index in [1.165, 1.54) is 0 Å². The lowest BCUT2D eigenvalue weighted by Gasteiger charge is -2.37. The van der Waals surface area contributed by atoms with E-state index in [0.717, 1.165) is 19.1 Å². The molecule has 0 fully saturated rings. The fourth-order valence-corrected chi connectivity index (χ4v) is 14.6. The molecule has 5 nitrogen and oxygen atoms in total. The van der Waals surface area contributed by atoms with Crippen LogP contribution >= 0.6 is 0 Å². The number of hydrogen-bond donors (Lipinski definition) is 0. The van der Waals surface area contributed by atoms with Crippen LogP contribution in [0.5, 0.6) is 0 Å². The summed E-state index contributed by atoms with van der Waals surface area (Å²) in [4.78, 5) is 0. The Bertz CT molecular complexity index is 285. The van der Waals surface area contributed by atoms with Crippen LogP contribution in [0.25, 0.3) is 0 Å². The van der Waals surface area contributed by atoms with Crippen molar-refractivity contribution in [2.45, 2.75) is 51.7 Å². The fourth-order valence-electron chi connectivity index (χ4n) is 2.22. The molecule has 0 atom stereocenters. The Balaban J connectivity index is 4.14. The minimum Gasteiger partial charge on any atom is -0.436 e. The predicted octanol–water partition coefficient (Wildman–Crippen LogP) is 3.33. The van der Waals surface area contributed by atoms with E-state index in [0.29, 0.717) is 13.2 Å². The Morgan fingerprint density at radius 3 is 1.86 bits per heavy atom. The molecule has 8 heteroatoms. The molecule has 0 aromatic carbocycles. The topological polar surface area (TPSA) is 46.2 Å². The molecule has 0 saturated carbocycles. The third-order valence-corrected chi connectivity index (χ3v) is 13.7. The first kappa shape index (κ1) is 21.5. The summed E-state index contributed by atoms with van der Waals surface area (Å²) in [6.07, 6.45) is 1.03. The molecule has 0 amide bonds. The molecule has 0 aliphatic carbocycles. The van der Waals surface area contributed by atoms with Crippen LogP contribution in [0.3, 0.4) is 0 Å². The summed E-state index contributed by atoms with van der Waals surface area (Å²) in [5.41, 5.74) is 0. The summed E-state index contributed by atoms with van der Waals surface area (Å²) in [7, 11) is -2.51. The molecule has 0 aromatic heterocycles.